The molecule has 0 saturated heterocycles. The summed E-state index contributed by atoms with van der Waals surface area (Å²) in [5.74, 6) is 4.13. The maximum absolute atomic E-state index is 7.52. The summed E-state index contributed by atoms with van der Waals surface area (Å²) in [4.78, 5) is 0. The van der Waals surface area contributed by atoms with E-state index in [2.05, 4.69) is 215 Å². The molecule has 4 rings (SSSR count). The van der Waals surface area contributed by atoms with Gasteiger partial charge in [0, 0.05) is 11.5 Å². The molecule has 4 aromatic carbocycles. The van der Waals surface area contributed by atoms with Crippen LogP contribution >= 0.6 is 0 Å². The first-order valence-corrected chi connectivity index (χ1v) is 34.4. The third-order valence-corrected chi connectivity index (χ3v) is 40.4. The standard InChI is InChI=1S/C56H96O4Si4.Zr/c1-35(2)61(36(3)4,37(5)6)57-53-27-28-54(58-62(38(7)8,39(9)10)40(11)12)50-32-47(31-49(50)53)25-26-48-33-51-52(34-48)56(60-64(44(19)20,45(21)22)46(23)24)30-29-55(51)59-63(41(13)14,42(15)16)43(17)18;/h27-46H,25-26H2,1-24H3;/q-2;+2. The summed E-state index contributed by atoms with van der Waals surface area (Å²) in [6.45, 7) is 57.2. The van der Waals surface area contributed by atoms with Crippen LogP contribution in [0.3, 0.4) is 0 Å². The Morgan fingerprint density at radius 2 is 0.508 bits per heavy atom. The van der Waals surface area contributed by atoms with Gasteiger partial charge in [-0.05, 0) is 91.5 Å². The number of aryl methyl sites for hydroxylation is 2. The summed E-state index contributed by atoms with van der Waals surface area (Å²) >= 11 is 0. The van der Waals surface area contributed by atoms with Crippen LogP contribution in [0.15, 0.2) is 48.5 Å². The minimum atomic E-state index is -2.22. The molecule has 0 aliphatic rings. The van der Waals surface area contributed by atoms with E-state index in [0.717, 1.165) is 35.8 Å². The van der Waals surface area contributed by atoms with Gasteiger partial charge in [0.25, 0.3) is 16.6 Å². The van der Waals surface area contributed by atoms with E-state index in [1.54, 1.807) is 0 Å². The van der Waals surface area contributed by atoms with E-state index in [1.165, 1.54) is 32.7 Å². The van der Waals surface area contributed by atoms with E-state index in [9.17, 15) is 0 Å². The molecule has 0 bridgehead atoms. The predicted molar refractivity (Wildman–Crippen MR) is 293 cm³/mol. The Morgan fingerprint density at radius 1 is 0.323 bits per heavy atom. The van der Waals surface area contributed by atoms with Crippen LogP contribution in [0.2, 0.25) is 66.5 Å². The molecule has 0 radical (unpaired) electrons. The van der Waals surface area contributed by atoms with Crippen LogP contribution in [-0.2, 0) is 39.0 Å². The molecule has 65 heavy (non-hydrogen) atoms. The normalized spacial score (nSPS) is 13.7. The van der Waals surface area contributed by atoms with E-state index in [-0.39, 0.29) is 26.2 Å². The van der Waals surface area contributed by atoms with E-state index >= 15 is 0 Å². The second-order valence-corrected chi connectivity index (χ2v) is 45.2. The maximum atomic E-state index is 7.52. The van der Waals surface area contributed by atoms with Gasteiger partial charge in [0.1, 0.15) is 0 Å². The minimum Gasteiger partial charge on any atom is -0.586 e. The van der Waals surface area contributed by atoms with Gasteiger partial charge in [-0.1, -0.05) is 189 Å². The first-order valence-electron chi connectivity index (χ1n) is 25.8. The van der Waals surface area contributed by atoms with Crippen LogP contribution in [0.25, 0.3) is 21.5 Å². The van der Waals surface area contributed by atoms with E-state index < -0.39 is 33.3 Å². The molecule has 0 N–H and O–H groups in total. The maximum Gasteiger partial charge on any atom is 2.00 e. The van der Waals surface area contributed by atoms with Crippen LogP contribution in [0.5, 0.6) is 23.0 Å². The number of benzene rings is 2. The largest absolute Gasteiger partial charge is 2.00 e. The van der Waals surface area contributed by atoms with Crippen molar-refractivity contribution in [3.05, 3.63) is 59.7 Å². The zero-order chi connectivity index (χ0) is 48.6. The van der Waals surface area contributed by atoms with Crippen LogP contribution < -0.4 is 17.7 Å². The molecule has 0 fully saturated rings. The molecule has 0 aromatic heterocycles. The van der Waals surface area contributed by atoms with Gasteiger partial charge in [0.05, 0.1) is 11.5 Å². The zero-order valence-electron chi connectivity index (χ0n) is 46.1. The van der Waals surface area contributed by atoms with Crippen molar-refractivity contribution in [3.8, 4) is 23.0 Å². The summed E-state index contributed by atoms with van der Waals surface area (Å²) in [5, 5.41) is 4.83. The smallest absolute Gasteiger partial charge is 0.586 e. The predicted octanol–water partition coefficient (Wildman–Crippen LogP) is 19.4. The van der Waals surface area contributed by atoms with E-state index in [1.807, 2.05) is 0 Å². The molecule has 0 spiro atoms. The van der Waals surface area contributed by atoms with Crippen LogP contribution in [-0.4, -0.2) is 33.3 Å². The Bertz CT molecular complexity index is 1740. The molecule has 0 unspecified atom stereocenters. The van der Waals surface area contributed by atoms with Crippen LogP contribution in [0.1, 0.15) is 177 Å². The van der Waals surface area contributed by atoms with Crippen molar-refractivity contribution in [2.24, 2.45) is 0 Å². The molecule has 0 amide bonds. The summed E-state index contributed by atoms with van der Waals surface area (Å²) in [6.07, 6.45) is 1.84. The van der Waals surface area contributed by atoms with Gasteiger partial charge in [0.2, 0.25) is 16.6 Å². The fourth-order valence-corrected chi connectivity index (χ4v) is 34.8. The third-order valence-electron chi connectivity index (χ3n) is 16.4. The molecule has 9 heteroatoms. The molecule has 4 aromatic rings. The monoisotopic (exact) mass is 1030 g/mol. The quantitative estimate of drug-likeness (QED) is 0.0548. The number of hydrogen-bond donors (Lipinski definition) is 0. The molecular weight excluding hydrogens is 940 g/mol. The van der Waals surface area contributed by atoms with Crippen molar-refractivity contribution in [1.82, 2.24) is 0 Å². The Hall–Kier alpha value is -1.39. The van der Waals surface area contributed by atoms with Gasteiger partial charge < -0.3 is 17.7 Å². The van der Waals surface area contributed by atoms with Crippen molar-refractivity contribution < 1.29 is 43.9 Å². The van der Waals surface area contributed by atoms with Crippen molar-refractivity contribution in [2.75, 3.05) is 0 Å². The van der Waals surface area contributed by atoms with Gasteiger partial charge in [-0.15, -0.1) is 34.0 Å². The fraction of sp³-hybridized carbons (Fsp3) is 0.679. The Balaban J connectivity index is 0.0000112. The van der Waals surface area contributed by atoms with Crippen LogP contribution in [0.4, 0.5) is 0 Å². The molecule has 4 nitrogen and oxygen atoms in total. The summed E-state index contributed by atoms with van der Waals surface area (Å²) in [6, 6.07) is 18.8. The van der Waals surface area contributed by atoms with Crippen molar-refractivity contribution in [3.63, 3.8) is 0 Å². The van der Waals surface area contributed by atoms with Gasteiger partial charge in [0.15, 0.2) is 0 Å². The third kappa shape index (κ3) is 10.8. The minimum absolute atomic E-state index is 0. The average Bonchev–Trinajstić information content (AvgIpc) is 3.81. The molecule has 0 aliphatic carbocycles. The van der Waals surface area contributed by atoms with Gasteiger partial charge in [-0.25, -0.2) is 0 Å². The Labute approximate surface area is 423 Å². The van der Waals surface area contributed by atoms with Crippen molar-refractivity contribution >= 4 is 54.8 Å². The first kappa shape index (κ1) is 57.9. The van der Waals surface area contributed by atoms with Crippen molar-refractivity contribution in [1.29, 1.82) is 0 Å². The number of rotatable bonds is 23. The van der Waals surface area contributed by atoms with Gasteiger partial charge in [-0.2, -0.15) is 12.1 Å². The molecule has 0 saturated carbocycles. The SMILES string of the molecule is CC(C)[Si](Oc1ccc(O[Si](C(C)C)(C(C)C)C(C)C)c2[cH-]c(CCc3cc4c(O[Si](C(C)C)(C(C)C)C(C)C)ccc(O[Si](C(C)C)(C(C)C)C(C)C)c4[cH-]3)cc12)(C(C)C)C(C)C.[Zr+2]. The summed E-state index contributed by atoms with van der Waals surface area (Å²) in [7, 11) is -8.89. The number of hydrogen-bond acceptors (Lipinski definition) is 4. The van der Waals surface area contributed by atoms with E-state index in [4.69, 9.17) is 17.7 Å². The van der Waals surface area contributed by atoms with Crippen molar-refractivity contribution in [2.45, 2.75) is 246 Å². The molecule has 364 valence electrons. The van der Waals surface area contributed by atoms with Gasteiger partial charge in [-0.3, -0.25) is 0 Å². The first-order chi connectivity index (χ1) is 29.6. The second-order valence-electron chi connectivity index (χ2n) is 23.7. The summed E-state index contributed by atoms with van der Waals surface area (Å²) in [5.41, 5.74) is 8.44. The fourth-order valence-electron chi connectivity index (χ4n) is 13.7. The van der Waals surface area contributed by atoms with Crippen LogP contribution in [0, 0.1) is 0 Å². The molecule has 0 heterocycles. The molecule has 0 atom stereocenters. The molecular formula is C56H96O4Si4Zr. The Kier molecular flexibility index (Phi) is 20.1. The summed E-state index contributed by atoms with van der Waals surface area (Å²) < 4.78 is 30.1. The average molecular weight is 1040 g/mol. The van der Waals surface area contributed by atoms with Gasteiger partial charge >= 0.3 is 26.2 Å². The van der Waals surface area contributed by atoms with E-state index in [0.29, 0.717) is 66.5 Å². The topological polar surface area (TPSA) is 36.9 Å². The second kappa shape index (κ2) is 22.6. The Morgan fingerprint density at radius 3 is 0.708 bits per heavy atom. The zero-order valence-corrected chi connectivity index (χ0v) is 52.6. The number of fused-ring (bicyclic) bond motifs is 2. The molecule has 0 aliphatic heterocycles.